The lowest BCUT2D eigenvalue weighted by Crippen LogP contribution is -1.81. The number of hydrogen-bond donors (Lipinski definition) is 0. The van der Waals surface area contributed by atoms with Gasteiger partial charge in [-0.1, -0.05) is 6.57 Å². The molecule has 0 aliphatic carbocycles. The van der Waals surface area contributed by atoms with Crippen molar-refractivity contribution >= 4 is 21.7 Å². The fourth-order valence-corrected chi connectivity index (χ4v) is 0.761. The first-order valence-electron chi connectivity index (χ1n) is 2.30. The Balaban J connectivity index is 3.24. The van der Waals surface area contributed by atoms with E-state index in [2.05, 4.69) is 25.8 Å². The van der Waals surface area contributed by atoms with Crippen LogP contribution in [0.5, 0.6) is 0 Å². The molecule has 0 bridgehead atoms. The van der Waals surface area contributed by atoms with Gasteiger partial charge in [-0.05, 0) is 15.9 Å². The van der Waals surface area contributed by atoms with Crippen molar-refractivity contribution < 1.29 is 0 Å². The minimum absolute atomic E-state index is 0.414. The van der Waals surface area contributed by atoms with Crippen LogP contribution in [0.1, 0.15) is 0 Å². The Bertz CT molecular complexity index is 258. The fourth-order valence-electron chi connectivity index (χ4n) is 0.478. The third-order valence-electron chi connectivity index (χ3n) is 0.953. The molecule has 3 nitrogen and oxygen atoms in total. The number of halogens is 1. The zero-order valence-electron chi connectivity index (χ0n) is 4.80. The van der Waals surface area contributed by atoms with Crippen LogP contribution >= 0.6 is 15.9 Å². The maximum absolute atomic E-state index is 6.62. The molecule has 1 heterocycles. The minimum atomic E-state index is 0.414. The smallest absolute Gasteiger partial charge is 0.302 e. The summed E-state index contributed by atoms with van der Waals surface area (Å²) in [6, 6.07) is 0. The van der Waals surface area contributed by atoms with Crippen LogP contribution in [0, 0.1) is 6.57 Å². The van der Waals surface area contributed by atoms with Crippen LogP contribution in [0.4, 0.5) is 5.82 Å². The lowest BCUT2D eigenvalue weighted by Gasteiger charge is -1.87. The Labute approximate surface area is 61.3 Å². The van der Waals surface area contributed by atoms with E-state index in [4.69, 9.17) is 6.57 Å². The summed E-state index contributed by atoms with van der Waals surface area (Å²) in [6.45, 7) is 6.62. The number of aromatic nitrogens is 2. The first-order chi connectivity index (χ1) is 4.25. The molecule has 0 spiro atoms. The Kier molecular flexibility index (Phi) is 1.54. The highest BCUT2D eigenvalue weighted by Gasteiger charge is 2.03. The van der Waals surface area contributed by atoms with Gasteiger partial charge in [-0.3, -0.25) is 0 Å². The molecular formula is C5H4BrN3. The van der Waals surface area contributed by atoms with E-state index in [0.29, 0.717) is 5.82 Å². The molecule has 9 heavy (non-hydrogen) atoms. The van der Waals surface area contributed by atoms with Crippen LogP contribution in [0.15, 0.2) is 10.9 Å². The van der Waals surface area contributed by atoms with Gasteiger partial charge in [0.1, 0.15) is 4.60 Å². The second-order valence-corrected chi connectivity index (χ2v) is 2.33. The summed E-state index contributed by atoms with van der Waals surface area (Å²) in [5, 5.41) is 0. The van der Waals surface area contributed by atoms with Gasteiger partial charge in [-0.2, -0.15) is 0 Å². The van der Waals surface area contributed by atoms with Gasteiger partial charge >= 0.3 is 5.82 Å². The van der Waals surface area contributed by atoms with Gasteiger partial charge in [0.25, 0.3) is 0 Å². The van der Waals surface area contributed by atoms with Crippen LogP contribution < -0.4 is 0 Å². The highest BCUT2D eigenvalue weighted by atomic mass is 79.9. The van der Waals surface area contributed by atoms with Crippen molar-refractivity contribution in [1.29, 1.82) is 0 Å². The maximum Gasteiger partial charge on any atom is 0.302 e. The lowest BCUT2D eigenvalue weighted by atomic mass is 10.8. The molecule has 4 heteroatoms. The molecule has 0 unspecified atom stereocenters. The Morgan fingerprint density at radius 1 is 1.89 bits per heavy atom. The molecule has 46 valence electrons. The van der Waals surface area contributed by atoms with Crippen LogP contribution in [-0.2, 0) is 7.05 Å². The molecule has 1 aromatic heterocycles. The maximum atomic E-state index is 6.62. The molecule has 0 fully saturated rings. The largest absolute Gasteiger partial charge is 0.358 e. The second-order valence-electron chi connectivity index (χ2n) is 1.58. The topological polar surface area (TPSA) is 22.2 Å². The summed E-state index contributed by atoms with van der Waals surface area (Å²) >= 11 is 3.20. The number of imidazole rings is 1. The van der Waals surface area contributed by atoms with Crippen LogP contribution in [0.2, 0.25) is 0 Å². The van der Waals surface area contributed by atoms with Crippen molar-refractivity contribution in [3.05, 3.63) is 22.3 Å². The average Bonchev–Trinajstić information content (AvgIpc) is 2.15. The van der Waals surface area contributed by atoms with Crippen LogP contribution in [0.3, 0.4) is 0 Å². The zero-order chi connectivity index (χ0) is 6.85. The molecule has 0 aliphatic rings. The van der Waals surface area contributed by atoms with Crippen molar-refractivity contribution in [3.8, 4) is 0 Å². The first-order valence-corrected chi connectivity index (χ1v) is 3.09. The summed E-state index contributed by atoms with van der Waals surface area (Å²) in [5.41, 5.74) is 0. The molecule has 1 aromatic rings. The summed E-state index contributed by atoms with van der Waals surface area (Å²) in [6.07, 6.45) is 1.59. The fraction of sp³-hybridized carbons (Fsp3) is 0.200. The average molecular weight is 186 g/mol. The van der Waals surface area contributed by atoms with Crippen LogP contribution in [0.25, 0.3) is 4.85 Å². The number of nitrogens with zero attached hydrogens (tertiary/aromatic N) is 3. The summed E-state index contributed by atoms with van der Waals surface area (Å²) in [5.74, 6) is 0.414. The molecule has 0 saturated carbocycles. The highest BCUT2D eigenvalue weighted by Crippen LogP contribution is 2.21. The Morgan fingerprint density at radius 3 is 2.78 bits per heavy atom. The van der Waals surface area contributed by atoms with E-state index in [9.17, 15) is 0 Å². The van der Waals surface area contributed by atoms with E-state index in [1.165, 1.54) is 0 Å². The third kappa shape index (κ3) is 0.958. The first kappa shape index (κ1) is 6.30. The van der Waals surface area contributed by atoms with Crippen molar-refractivity contribution in [3.63, 3.8) is 0 Å². The standard InChI is InChI=1S/C5H4BrN3/c1-7-5-4(6)9(2)3-8-5/h3H,2H3. The molecule has 1 rings (SSSR count). The van der Waals surface area contributed by atoms with Crippen molar-refractivity contribution in [2.24, 2.45) is 7.05 Å². The Hall–Kier alpha value is -0.820. The highest BCUT2D eigenvalue weighted by molar-refractivity contribution is 9.10. The predicted molar refractivity (Wildman–Crippen MR) is 37.2 cm³/mol. The SMILES string of the molecule is [C-]#[N+]c1ncn(C)c1Br. The summed E-state index contributed by atoms with van der Waals surface area (Å²) in [7, 11) is 1.83. The van der Waals surface area contributed by atoms with Gasteiger partial charge in [-0.15, -0.1) is 4.98 Å². The van der Waals surface area contributed by atoms with E-state index in [-0.39, 0.29) is 0 Å². The van der Waals surface area contributed by atoms with E-state index in [0.717, 1.165) is 4.60 Å². The summed E-state index contributed by atoms with van der Waals surface area (Å²) < 4.78 is 2.48. The third-order valence-corrected chi connectivity index (χ3v) is 1.87. The molecule has 0 saturated heterocycles. The lowest BCUT2D eigenvalue weighted by molar-refractivity contribution is 0.891. The van der Waals surface area contributed by atoms with Gasteiger partial charge < -0.3 is 9.41 Å². The van der Waals surface area contributed by atoms with E-state index in [1.54, 1.807) is 10.9 Å². The molecule has 0 aliphatic heterocycles. The molecule has 0 aromatic carbocycles. The monoisotopic (exact) mass is 185 g/mol. The molecule has 0 atom stereocenters. The molecular weight excluding hydrogens is 182 g/mol. The van der Waals surface area contributed by atoms with Crippen molar-refractivity contribution in [2.45, 2.75) is 0 Å². The van der Waals surface area contributed by atoms with Crippen LogP contribution in [-0.4, -0.2) is 9.55 Å². The quantitative estimate of drug-likeness (QED) is 0.565. The molecule has 0 amide bonds. The van der Waals surface area contributed by atoms with Crippen molar-refractivity contribution in [1.82, 2.24) is 9.55 Å². The Morgan fingerprint density at radius 2 is 2.56 bits per heavy atom. The van der Waals surface area contributed by atoms with Crippen molar-refractivity contribution in [2.75, 3.05) is 0 Å². The second kappa shape index (κ2) is 2.19. The van der Waals surface area contributed by atoms with Gasteiger partial charge in [0.2, 0.25) is 0 Å². The normalized spacial score (nSPS) is 9.00. The zero-order valence-corrected chi connectivity index (χ0v) is 6.38. The molecule has 0 N–H and O–H groups in total. The number of aryl methyl sites for hydroxylation is 1. The van der Waals surface area contributed by atoms with Gasteiger partial charge in [0, 0.05) is 7.05 Å². The van der Waals surface area contributed by atoms with Gasteiger partial charge in [0.05, 0.1) is 0 Å². The number of hydrogen-bond acceptors (Lipinski definition) is 1. The summed E-state index contributed by atoms with van der Waals surface area (Å²) in [4.78, 5) is 6.96. The predicted octanol–water partition coefficient (Wildman–Crippen LogP) is 1.73. The number of rotatable bonds is 0. The van der Waals surface area contributed by atoms with E-state index >= 15 is 0 Å². The van der Waals surface area contributed by atoms with Gasteiger partial charge in [-0.25, -0.2) is 0 Å². The van der Waals surface area contributed by atoms with E-state index < -0.39 is 0 Å². The van der Waals surface area contributed by atoms with Gasteiger partial charge in [0.15, 0.2) is 6.33 Å². The van der Waals surface area contributed by atoms with E-state index in [1.807, 2.05) is 7.05 Å². The molecule has 0 radical (unpaired) electrons. The minimum Gasteiger partial charge on any atom is -0.358 e.